The van der Waals surface area contributed by atoms with Gasteiger partial charge in [0.05, 0.1) is 17.4 Å². The normalized spacial score (nSPS) is 18.4. The van der Waals surface area contributed by atoms with E-state index < -0.39 is 0 Å². The van der Waals surface area contributed by atoms with E-state index in [0.717, 1.165) is 25.2 Å². The Labute approximate surface area is 111 Å². The first kappa shape index (κ1) is 11.9. The number of carbonyl (C=O) groups is 1. The van der Waals surface area contributed by atoms with Gasteiger partial charge in [0.25, 0.3) is 5.91 Å². The lowest BCUT2D eigenvalue weighted by atomic mass is 10.2. The molecule has 98 valence electrons. The van der Waals surface area contributed by atoms with E-state index in [9.17, 15) is 4.79 Å². The fourth-order valence-corrected chi connectivity index (χ4v) is 2.21. The van der Waals surface area contributed by atoms with E-state index in [0.29, 0.717) is 5.56 Å². The van der Waals surface area contributed by atoms with Gasteiger partial charge in [0.2, 0.25) is 0 Å². The van der Waals surface area contributed by atoms with Crippen LogP contribution in [-0.4, -0.2) is 34.8 Å². The van der Waals surface area contributed by atoms with Crippen LogP contribution in [0.1, 0.15) is 16.8 Å². The molecule has 1 aliphatic heterocycles. The van der Waals surface area contributed by atoms with Crippen molar-refractivity contribution >= 4 is 5.91 Å². The summed E-state index contributed by atoms with van der Waals surface area (Å²) in [5.74, 6) is -0.0594. The van der Waals surface area contributed by atoms with Crippen LogP contribution in [0.25, 0.3) is 5.69 Å². The first-order valence-electron chi connectivity index (χ1n) is 6.44. The molecule has 0 saturated carbocycles. The van der Waals surface area contributed by atoms with Crippen molar-refractivity contribution in [2.45, 2.75) is 12.5 Å². The summed E-state index contributed by atoms with van der Waals surface area (Å²) >= 11 is 0. The molecule has 1 atom stereocenters. The van der Waals surface area contributed by atoms with Crippen molar-refractivity contribution in [1.82, 2.24) is 20.4 Å². The first-order valence-corrected chi connectivity index (χ1v) is 6.44. The van der Waals surface area contributed by atoms with E-state index in [4.69, 9.17) is 0 Å². The first-order chi connectivity index (χ1) is 9.33. The monoisotopic (exact) mass is 256 g/mol. The molecule has 0 unspecified atom stereocenters. The Balaban J connectivity index is 1.72. The highest BCUT2D eigenvalue weighted by Crippen LogP contribution is 2.08. The Hall–Kier alpha value is -2.14. The minimum absolute atomic E-state index is 0.0594. The average Bonchev–Trinajstić information content (AvgIpc) is 3.10. The second-order valence-corrected chi connectivity index (χ2v) is 4.67. The number of amides is 1. The summed E-state index contributed by atoms with van der Waals surface area (Å²) in [7, 11) is 0. The predicted molar refractivity (Wildman–Crippen MR) is 72.3 cm³/mol. The van der Waals surface area contributed by atoms with Crippen LogP contribution in [-0.2, 0) is 0 Å². The highest BCUT2D eigenvalue weighted by atomic mass is 16.1. The fourth-order valence-electron chi connectivity index (χ4n) is 2.21. The molecule has 2 heterocycles. The van der Waals surface area contributed by atoms with Gasteiger partial charge < -0.3 is 10.6 Å². The standard InChI is InChI=1S/C14H16N4O/c19-14(17-12-6-7-15-9-12)11-8-16-18(10-11)13-4-2-1-3-5-13/h1-5,8,10,12,15H,6-7,9H2,(H,17,19)/t12-/m1/s1. The maximum Gasteiger partial charge on any atom is 0.254 e. The van der Waals surface area contributed by atoms with Crippen molar-refractivity contribution < 1.29 is 4.79 Å². The van der Waals surface area contributed by atoms with E-state index in [1.54, 1.807) is 17.1 Å². The van der Waals surface area contributed by atoms with Gasteiger partial charge in [-0.05, 0) is 25.1 Å². The molecule has 0 spiro atoms. The third kappa shape index (κ3) is 2.66. The molecule has 5 nitrogen and oxygen atoms in total. The zero-order valence-corrected chi connectivity index (χ0v) is 10.5. The quantitative estimate of drug-likeness (QED) is 0.860. The minimum atomic E-state index is -0.0594. The van der Waals surface area contributed by atoms with Crippen molar-refractivity contribution in [3.63, 3.8) is 0 Å². The maximum atomic E-state index is 12.1. The van der Waals surface area contributed by atoms with E-state index in [1.807, 2.05) is 30.3 Å². The molecule has 1 aliphatic rings. The molecule has 1 aromatic carbocycles. The molecular formula is C14H16N4O. The minimum Gasteiger partial charge on any atom is -0.348 e. The van der Waals surface area contributed by atoms with Gasteiger partial charge in [-0.3, -0.25) is 4.79 Å². The molecular weight excluding hydrogens is 240 g/mol. The van der Waals surface area contributed by atoms with Crippen LogP contribution < -0.4 is 10.6 Å². The third-order valence-corrected chi connectivity index (χ3v) is 3.26. The molecule has 1 fully saturated rings. The number of nitrogens with zero attached hydrogens (tertiary/aromatic N) is 2. The number of hydrogen-bond acceptors (Lipinski definition) is 3. The fraction of sp³-hybridized carbons (Fsp3) is 0.286. The van der Waals surface area contributed by atoms with Gasteiger partial charge in [0.1, 0.15) is 0 Å². The van der Waals surface area contributed by atoms with Crippen LogP contribution in [0.3, 0.4) is 0 Å². The third-order valence-electron chi connectivity index (χ3n) is 3.26. The summed E-state index contributed by atoms with van der Waals surface area (Å²) in [6.07, 6.45) is 4.34. The smallest absolute Gasteiger partial charge is 0.254 e. The Morgan fingerprint density at radius 3 is 2.95 bits per heavy atom. The summed E-state index contributed by atoms with van der Waals surface area (Å²) in [4.78, 5) is 12.1. The van der Waals surface area contributed by atoms with Crippen molar-refractivity contribution in [3.8, 4) is 5.69 Å². The van der Waals surface area contributed by atoms with E-state index in [-0.39, 0.29) is 11.9 Å². The van der Waals surface area contributed by atoms with Crippen molar-refractivity contribution in [1.29, 1.82) is 0 Å². The summed E-state index contributed by atoms with van der Waals surface area (Å²) in [6.45, 7) is 1.81. The molecule has 0 bridgehead atoms. The molecule has 5 heteroatoms. The van der Waals surface area contributed by atoms with Crippen LogP contribution in [0.2, 0.25) is 0 Å². The molecule has 19 heavy (non-hydrogen) atoms. The van der Waals surface area contributed by atoms with Gasteiger partial charge in [0, 0.05) is 18.8 Å². The summed E-state index contributed by atoms with van der Waals surface area (Å²) in [6, 6.07) is 9.98. The highest BCUT2D eigenvalue weighted by Gasteiger charge is 2.18. The molecule has 2 aromatic rings. The Morgan fingerprint density at radius 2 is 2.21 bits per heavy atom. The summed E-state index contributed by atoms with van der Waals surface area (Å²) < 4.78 is 1.71. The van der Waals surface area contributed by atoms with Crippen molar-refractivity contribution in [2.75, 3.05) is 13.1 Å². The highest BCUT2D eigenvalue weighted by molar-refractivity contribution is 5.94. The number of aromatic nitrogens is 2. The van der Waals surface area contributed by atoms with E-state index >= 15 is 0 Å². The number of nitrogens with one attached hydrogen (secondary N) is 2. The van der Waals surface area contributed by atoms with Crippen LogP contribution in [0.5, 0.6) is 0 Å². The molecule has 0 radical (unpaired) electrons. The van der Waals surface area contributed by atoms with Crippen molar-refractivity contribution in [2.24, 2.45) is 0 Å². The van der Waals surface area contributed by atoms with Crippen LogP contribution in [0.4, 0.5) is 0 Å². The number of para-hydroxylation sites is 1. The van der Waals surface area contributed by atoms with Gasteiger partial charge in [-0.15, -0.1) is 0 Å². The average molecular weight is 256 g/mol. The lowest BCUT2D eigenvalue weighted by molar-refractivity contribution is 0.0940. The van der Waals surface area contributed by atoms with Gasteiger partial charge in [-0.1, -0.05) is 18.2 Å². The largest absolute Gasteiger partial charge is 0.348 e. The SMILES string of the molecule is O=C(N[C@@H]1CCNC1)c1cnn(-c2ccccc2)c1. The second kappa shape index (κ2) is 5.24. The number of carbonyl (C=O) groups excluding carboxylic acids is 1. The molecule has 1 amide bonds. The maximum absolute atomic E-state index is 12.1. The Kier molecular flexibility index (Phi) is 3.29. The van der Waals surface area contributed by atoms with Gasteiger partial charge >= 0.3 is 0 Å². The molecule has 1 aromatic heterocycles. The number of benzene rings is 1. The molecule has 2 N–H and O–H groups in total. The molecule has 1 saturated heterocycles. The van der Waals surface area contributed by atoms with Crippen LogP contribution in [0.15, 0.2) is 42.7 Å². The van der Waals surface area contributed by atoms with E-state index in [2.05, 4.69) is 15.7 Å². The summed E-state index contributed by atoms with van der Waals surface area (Å²) in [5, 5.41) is 10.5. The molecule has 3 rings (SSSR count). The lowest BCUT2D eigenvalue weighted by Crippen LogP contribution is -2.36. The lowest BCUT2D eigenvalue weighted by Gasteiger charge is -2.09. The predicted octanol–water partition coefficient (Wildman–Crippen LogP) is 0.964. The zero-order valence-electron chi connectivity index (χ0n) is 10.5. The zero-order chi connectivity index (χ0) is 13.1. The van der Waals surface area contributed by atoms with Gasteiger partial charge in [-0.25, -0.2) is 4.68 Å². The molecule has 0 aliphatic carbocycles. The van der Waals surface area contributed by atoms with Crippen LogP contribution in [0, 0.1) is 0 Å². The summed E-state index contributed by atoms with van der Waals surface area (Å²) in [5.41, 5.74) is 1.54. The van der Waals surface area contributed by atoms with Gasteiger partial charge in [0.15, 0.2) is 0 Å². The van der Waals surface area contributed by atoms with Crippen molar-refractivity contribution in [3.05, 3.63) is 48.3 Å². The Morgan fingerprint density at radius 1 is 1.37 bits per heavy atom. The van der Waals surface area contributed by atoms with Gasteiger partial charge in [-0.2, -0.15) is 5.10 Å². The topological polar surface area (TPSA) is 59.0 Å². The van der Waals surface area contributed by atoms with E-state index in [1.165, 1.54) is 0 Å². The van der Waals surface area contributed by atoms with Crippen LogP contribution >= 0.6 is 0 Å². The number of rotatable bonds is 3. The Bertz CT molecular complexity index is 558. The second-order valence-electron chi connectivity index (χ2n) is 4.67. The number of hydrogen-bond donors (Lipinski definition) is 2.